The highest BCUT2D eigenvalue weighted by Gasteiger charge is 2.24. The van der Waals surface area contributed by atoms with Crippen LogP contribution < -0.4 is 15.0 Å². The summed E-state index contributed by atoms with van der Waals surface area (Å²) < 4.78 is 32.7. The van der Waals surface area contributed by atoms with Crippen LogP contribution in [-0.2, 0) is 0 Å². The van der Waals surface area contributed by atoms with E-state index in [-0.39, 0.29) is 17.8 Å². The third kappa shape index (κ3) is 4.86. The summed E-state index contributed by atoms with van der Waals surface area (Å²) in [5.41, 5.74) is 2.08. The molecule has 1 N–H and O–H groups in total. The van der Waals surface area contributed by atoms with Gasteiger partial charge in [0, 0.05) is 37.4 Å². The van der Waals surface area contributed by atoms with E-state index in [0.29, 0.717) is 42.9 Å². The van der Waals surface area contributed by atoms with Gasteiger partial charge in [-0.25, -0.2) is 13.8 Å². The second kappa shape index (κ2) is 9.32. The van der Waals surface area contributed by atoms with Gasteiger partial charge in [0.25, 0.3) is 5.91 Å². The fourth-order valence-electron chi connectivity index (χ4n) is 3.60. The van der Waals surface area contributed by atoms with Crippen LogP contribution in [0, 0.1) is 29.9 Å². The van der Waals surface area contributed by atoms with Gasteiger partial charge in [0.2, 0.25) is 0 Å². The Hall–Kier alpha value is -3.51. The number of nitriles is 1. The van der Waals surface area contributed by atoms with Crippen molar-refractivity contribution in [3.05, 3.63) is 69.7 Å². The lowest BCUT2D eigenvalue weighted by Crippen LogP contribution is -2.38. The van der Waals surface area contributed by atoms with Crippen LogP contribution in [0.4, 0.5) is 20.2 Å². The molecule has 1 saturated heterocycles. The number of nitrogens with one attached hydrogen (secondary N) is 1. The van der Waals surface area contributed by atoms with Crippen molar-refractivity contribution in [1.82, 2.24) is 4.98 Å². The normalized spacial score (nSPS) is 14.1. The first kappa shape index (κ1) is 21.7. The lowest BCUT2D eigenvalue weighted by atomic mass is 10.1. The summed E-state index contributed by atoms with van der Waals surface area (Å²) >= 11 is 1.39. The van der Waals surface area contributed by atoms with Crippen molar-refractivity contribution < 1.29 is 18.3 Å². The van der Waals surface area contributed by atoms with Crippen LogP contribution in [-0.4, -0.2) is 30.1 Å². The standard InChI is InChI=1S/C23H20F2N4O2S/c1-14-27-20(13-32-14)23(30)28-19-10-15(12-26)2-4-21(19)29-8-6-17(7-9-29)31-22-5-3-16(24)11-18(22)25/h2-5,10-11,13,17H,6-9H2,1H3,(H,28,30). The van der Waals surface area contributed by atoms with E-state index in [4.69, 9.17) is 4.74 Å². The molecule has 0 aliphatic carbocycles. The molecule has 6 nitrogen and oxygen atoms in total. The molecule has 4 rings (SSSR count). The number of carbonyl (C=O) groups is 1. The average molecular weight is 455 g/mol. The Kier molecular flexibility index (Phi) is 6.32. The first-order chi connectivity index (χ1) is 15.4. The molecule has 1 fully saturated rings. The minimum Gasteiger partial charge on any atom is -0.487 e. The fraction of sp³-hybridized carbons (Fsp3) is 0.261. The SMILES string of the molecule is Cc1nc(C(=O)Nc2cc(C#N)ccc2N2CCC(Oc3ccc(F)cc3F)CC2)cs1. The quantitative estimate of drug-likeness (QED) is 0.593. The van der Waals surface area contributed by atoms with Crippen molar-refractivity contribution in [2.24, 2.45) is 0 Å². The first-order valence-electron chi connectivity index (χ1n) is 10.1. The Balaban J connectivity index is 1.46. The number of hydrogen-bond acceptors (Lipinski definition) is 6. The zero-order valence-corrected chi connectivity index (χ0v) is 18.1. The number of amides is 1. The summed E-state index contributed by atoms with van der Waals surface area (Å²) in [6.07, 6.45) is 1.03. The lowest BCUT2D eigenvalue weighted by molar-refractivity contribution is 0.102. The molecule has 2 heterocycles. The summed E-state index contributed by atoms with van der Waals surface area (Å²) in [5, 5.41) is 14.6. The maximum Gasteiger partial charge on any atom is 0.275 e. The number of hydrogen-bond donors (Lipinski definition) is 1. The number of ether oxygens (including phenoxy) is 1. The second-order valence-electron chi connectivity index (χ2n) is 7.43. The van der Waals surface area contributed by atoms with Gasteiger partial charge in [0.1, 0.15) is 17.6 Å². The summed E-state index contributed by atoms with van der Waals surface area (Å²) in [7, 11) is 0. The van der Waals surface area contributed by atoms with Crippen molar-refractivity contribution in [2.75, 3.05) is 23.3 Å². The molecule has 1 aromatic heterocycles. The zero-order valence-electron chi connectivity index (χ0n) is 17.3. The number of thiazole rings is 1. The maximum absolute atomic E-state index is 13.9. The third-order valence-electron chi connectivity index (χ3n) is 5.20. The number of rotatable bonds is 5. The van der Waals surface area contributed by atoms with E-state index in [1.165, 1.54) is 23.5 Å². The predicted octanol–water partition coefficient (Wildman–Crippen LogP) is 4.90. The van der Waals surface area contributed by atoms with Gasteiger partial charge in [-0.2, -0.15) is 5.26 Å². The number of benzene rings is 2. The number of carbonyl (C=O) groups excluding carboxylic acids is 1. The molecule has 0 saturated carbocycles. The highest BCUT2D eigenvalue weighted by molar-refractivity contribution is 7.09. The van der Waals surface area contributed by atoms with E-state index < -0.39 is 11.6 Å². The molecule has 9 heteroatoms. The number of anilines is 2. The molecule has 0 bridgehead atoms. The van der Waals surface area contributed by atoms with Crippen LogP contribution in [0.2, 0.25) is 0 Å². The molecule has 0 radical (unpaired) electrons. The topological polar surface area (TPSA) is 78.2 Å². The van der Waals surface area contributed by atoms with Crippen molar-refractivity contribution in [2.45, 2.75) is 25.9 Å². The molecule has 32 heavy (non-hydrogen) atoms. The Morgan fingerprint density at radius 1 is 1.25 bits per heavy atom. The highest BCUT2D eigenvalue weighted by atomic mass is 32.1. The third-order valence-corrected chi connectivity index (χ3v) is 5.97. The van der Waals surface area contributed by atoms with Gasteiger partial charge in [-0.3, -0.25) is 4.79 Å². The second-order valence-corrected chi connectivity index (χ2v) is 8.49. The molecule has 164 valence electrons. The largest absolute Gasteiger partial charge is 0.487 e. The van der Waals surface area contributed by atoms with Gasteiger partial charge in [-0.1, -0.05) is 0 Å². The van der Waals surface area contributed by atoms with Crippen molar-refractivity contribution in [1.29, 1.82) is 5.26 Å². The Bertz CT molecular complexity index is 1180. The van der Waals surface area contributed by atoms with Crippen LogP contribution in [0.25, 0.3) is 0 Å². The van der Waals surface area contributed by atoms with Gasteiger partial charge >= 0.3 is 0 Å². The smallest absolute Gasteiger partial charge is 0.275 e. The van der Waals surface area contributed by atoms with E-state index in [9.17, 15) is 18.8 Å². The molecule has 0 spiro atoms. The fourth-order valence-corrected chi connectivity index (χ4v) is 4.19. The Morgan fingerprint density at radius 2 is 2.03 bits per heavy atom. The van der Waals surface area contributed by atoms with Crippen molar-refractivity contribution in [3.63, 3.8) is 0 Å². The van der Waals surface area contributed by atoms with E-state index in [1.807, 2.05) is 6.92 Å². The van der Waals surface area contributed by atoms with Crippen LogP contribution in [0.5, 0.6) is 5.75 Å². The van der Waals surface area contributed by atoms with Gasteiger partial charge in [-0.15, -0.1) is 11.3 Å². The van der Waals surface area contributed by atoms with Crippen molar-refractivity contribution >= 4 is 28.6 Å². The van der Waals surface area contributed by atoms with Crippen LogP contribution >= 0.6 is 11.3 Å². The lowest BCUT2D eigenvalue weighted by Gasteiger charge is -2.34. The van der Waals surface area contributed by atoms with Crippen molar-refractivity contribution in [3.8, 4) is 11.8 Å². The van der Waals surface area contributed by atoms with E-state index >= 15 is 0 Å². The summed E-state index contributed by atoms with van der Waals surface area (Å²) in [5.74, 6) is -1.67. The molecule has 3 aromatic rings. The predicted molar refractivity (Wildman–Crippen MR) is 118 cm³/mol. The Labute approximate surface area is 188 Å². The number of aryl methyl sites for hydroxylation is 1. The van der Waals surface area contributed by atoms with Gasteiger partial charge in [-0.05, 0) is 37.3 Å². The molecular formula is C23H20F2N4O2S. The van der Waals surface area contributed by atoms with Crippen LogP contribution in [0.3, 0.4) is 0 Å². The number of nitrogens with zero attached hydrogens (tertiary/aromatic N) is 3. The number of piperidine rings is 1. The summed E-state index contributed by atoms with van der Waals surface area (Å²) in [6, 6.07) is 10.5. The molecular weight excluding hydrogens is 434 g/mol. The number of halogens is 2. The van der Waals surface area contributed by atoms with Gasteiger partial charge in [0.15, 0.2) is 11.6 Å². The number of aromatic nitrogens is 1. The minimum atomic E-state index is -0.721. The van der Waals surface area contributed by atoms with E-state index in [2.05, 4.69) is 21.3 Å². The monoisotopic (exact) mass is 454 g/mol. The van der Waals surface area contributed by atoms with Crippen LogP contribution in [0.1, 0.15) is 33.9 Å². The molecule has 0 unspecified atom stereocenters. The molecule has 0 atom stereocenters. The minimum absolute atomic E-state index is 0.0368. The summed E-state index contributed by atoms with van der Waals surface area (Å²) in [4.78, 5) is 18.9. The highest BCUT2D eigenvalue weighted by Crippen LogP contribution is 2.31. The van der Waals surface area contributed by atoms with E-state index in [1.54, 1.807) is 23.6 Å². The first-order valence-corrected chi connectivity index (χ1v) is 10.9. The van der Waals surface area contributed by atoms with Crippen LogP contribution in [0.15, 0.2) is 41.8 Å². The van der Waals surface area contributed by atoms with Gasteiger partial charge in [0.05, 0.1) is 28.0 Å². The molecule has 1 amide bonds. The van der Waals surface area contributed by atoms with Gasteiger partial charge < -0.3 is 15.0 Å². The molecule has 1 aliphatic heterocycles. The molecule has 1 aliphatic rings. The average Bonchev–Trinajstić information content (AvgIpc) is 3.23. The summed E-state index contributed by atoms with van der Waals surface area (Å²) in [6.45, 7) is 3.04. The van der Waals surface area contributed by atoms with E-state index in [0.717, 1.165) is 16.8 Å². The molecule has 2 aromatic carbocycles. The zero-order chi connectivity index (χ0) is 22.7. The Morgan fingerprint density at radius 3 is 2.69 bits per heavy atom. The maximum atomic E-state index is 13.9.